The van der Waals surface area contributed by atoms with Crippen molar-refractivity contribution in [2.45, 2.75) is 11.8 Å². The standard InChI is InChI=1S/C14H24N4O2S2.HI/c1-3-22(19,20)18-10-9-16-14(15-2)17-11-12-21-13-7-5-4-6-8-13;/h4-8,18H,3,9-12H2,1-2H3,(H2,15,16,17);1H. The Morgan fingerprint density at radius 3 is 2.39 bits per heavy atom. The van der Waals surface area contributed by atoms with Crippen molar-refractivity contribution in [1.82, 2.24) is 15.4 Å². The highest BCUT2D eigenvalue weighted by molar-refractivity contribution is 14.0. The van der Waals surface area contributed by atoms with Gasteiger partial charge in [0.1, 0.15) is 0 Å². The largest absolute Gasteiger partial charge is 0.356 e. The van der Waals surface area contributed by atoms with Crippen molar-refractivity contribution in [3.05, 3.63) is 30.3 Å². The van der Waals surface area contributed by atoms with Gasteiger partial charge >= 0.3 is 0 Å². The van der Waals surface area contributed by atoms with Crippen LogP contribution in [0.1, 0.15) is 6.92 Å². The fourth-order valence-electron chi connectivity index (χ4n) is 1.57. The van der Waals surface area contributed by atoms with Crippen molar-refractivity contribution in [3.8, 4) is 0 Å². The topological polar surface area (TPSA) is 82.6 Å². The predicted molar refractivity (Wildman–Crippen MR) is 109 cm³/mol. The fourth-order valence-corrected chi connectivity index (χ4v) is 2.97. The van der Waals surface area contributed by atoms with E-state index in [1.54, 1.807) is 25.7 Å². The van der Waals surface area contributed by atoms with Crippen molar-refractivity contribution in [1.29, 1.82) is 0 Å². The maximum Gasteiger partial charge on any atom is 0.211 e. The minimum atomic E-state index is -3.13. The summed E-state index contributed by atoms with van der Waals surface area (Å²) in [4.78, 5) is 5.33. The van der Waals surface area contributed by atoms with Gasteiger partial charge in [-0.2, -0.15) is 0 Å². The quantitative estimate of drug-likeness (QED) is 0.167. The molecule has 0 saturated heterocycles. The van der Waals surface area contributed by atoms with Gasteiger partial charge < -0.3 is 10.6 Å². The minimum Gasteiger partial charge on any atom is -0.356 e. The van der Waals surface area contributed by atoms with Crippen LogP contribution >= 0.6 is 35.7 Å². The fraction of sp³-hybridized carbons (Fsp3) is 0.500. The number of thioether (sulfide) groups is 1. The van der Waals surface area contributed by atoms with Crippen molar-refractivity contribution in [3.63, 3.8) is 0 Å². The highest BCUT2D eigenvalue weighted by Gasteiger charge is 2.04. The molecule has 6 nitrogen and oxygen atoms in total. The highest BCUT2D eigenvalue weighted by Crippen LogP contribution is 2.15. The monoisotopic (exact) mass is 472 g/mol. The molecule has 23 heavy (non-hydrogen) atoms. The molecule has 0 bridgehead atoms. The summed E-state index contributed by atoms with van der Waals surface area (Å²) < 4.78 is 25.0. The highest BCUT2D eigenvalue weighted by atomic mass is 127. The van der Waals surface area contributed by atoms with Crippen molar-refractivity contribution >= 4 is 51.7 Å². The molecule has 0 aliphatic rings. The van der Waals surface area contributed by atoms with Gasteiger partial charge in [0.15, 0.2) is 5.96 Å². The van der Waals surface area contributed by atoms with Gasteiger partial charge in [-0.05, 0) is 19.1 Å². The van der Waals surface area contributed by atoms with Crippen LogP contribution in [0.25, 0.3) is 0 Å². The van der Waals surface area contributed by atoms with Crippen LogP contribution < -0.4 is 15.4 Å². The summed E-state index contributed by atoms with van der Waals surface area (Å²) >= 11 is 1.77. The second-order valence-electron chi connectivity index (χ2n) is 4.39. The summed E-state index contributed by atoms with van der Waals surface area (Å²) in [6.45, 7) is 3.22. The molecule has 9 heteroatoms. The molecule has 132 valence electrons. The molecule has 0 fully saturated rings. The van der Waals surface area contributed by atoms with Crippen LogP contribution in [-0.2, 0) is 10.0 Å². The van der Waals surface area contributed by atoms with E-state index in [0.29, 0.717) is 19.0 Å². The Morgan fingerprint density at radius 2 is 1.78 bits per heavy atom. The smallest absolute Gasteiger partial charge is 0.211 e. The third-order valence-electron chi connectivity index (χ3n) is 2.75. The first-order valence-corrected chi connectivity index (χ1v) is 9.81. The van der Waals surface area contributed by atoms with Crippen LogP contribution in [-0.4, -0.2) is 52.6 Å². The lowest BCUT2D eigenvalue weighted by molar-refractivity contribution is 0.582. The molecule has 0 atom stereocenters. The van der Waals surface area contributed by atoms with Gasteiger partial charge in [-0.25, -0.2) is 13.1 Å². The lowest BCUT2D eigenvalue weighted by Crippen LogP contribution is -2.42. The van der Waals surface area contributed by atoms with E-state index in [1.807, 2.05) is 18.2 Å². The molecule has 0 heterocycles. The number of guanidine groups is 1. The number of hydrogen-bond donors (Lipinski definition) is 3. The molecular weight excluding hydrogens is 447 g/mol. The first-order chi connectivity index (χ1) is 10.6. The summed E-state index contributed by atoms with van der Waals surface area (Å²) in [7, 11) is -1.44. The molecule has 0 spiro atoms. The number of benzene rings is 1. The predicted octanol–water partition coefficient (Wildman–Crippen LogP) is 1.50. The average Bonchev–Trinajstić information content (AvgIpc) is 2.54. The van der Waals surface area contributed by atoms with Gasteiger partial charge in [0, 0.05) is 37.3 Å². The molecule has 0 unspecified atom stereocenters. The van der Waals surface area contributed by atoms with Crippen LogP contribution in [0, 0.1) is 0 Å². The zero-order valence-electron chi connectivity index (χ0n) is 13.4. The number of nitrogens with one attached hydrogen (secondary N) is 3. The van der Waals surface area contributed by atoms with Gasteiger partial charge in [-0.15, -0.1) is 35.7 Å². The number of aliphatic imine (C=N–C) groups is 1. The second kappa shape index (κ2) is 12.8. The van der Waals surface area contributed by atoms with E-state index in [2.05, 4.69) is 32.5 Å². The Morgan fingerprint density at radius 1 is 1.13 bits per heavy atom. The molecule has 0 amide bonds. The zero-order valence-corrected chi connectivity index (χ0v) is 17.4. The van der Waals surface area contributed by atoms with Crippen molar-refractivity contribution in [2.75, 3.05) is 38.2 Å². The molecule has 0 aromatic heterocycles. The second-order valence-corrected chi connectivity index (χ2v) is 7.65. The molecule has 0 saturated carbocycles. The number of nitrogens with zero attached hydrogens (tertiary/aromatic N) is 1. The molecule has 0 radical (unpaired) electrons. The summed E-state index contributed by atoms with van der Waals surface area (Å²) in [6, 6.07) is 10.2. The van der Waals surface area contributed by atoms with Crippen LogP contribution in [0.15, 0.2) is 40.2 Å². The number of halogens is 1. The molecule has 3 N–H and O–H groups in total. The van der Waals surface area contributed by atoms with E-state index in [0.717, 1.165) is 12.3 Å². The number of hydrogen-bond acceptors (Lipinski definition) is 4. The lowest BCUT2D eigenvalue weighted by atomic mass is 10.4. The molecular formula is C14H25IN4O2S2. The van der Waals surface area contributed by atoms with E-state index in [4.69, 9.17) is 0 Å². The van der Waals surface area contributed by atoms with Crippen LogP contribution in [0.4, 0.5) is 0 Å². The molecule has 0 aliphatic carbocycles. The first-order valence-electron chi connectivity index (χ1n) is 7.17. The van der Waals surface area contributed by atoms with E-state index in [9.17, 15) is 8.42 Å². The van der Waals surface area contributed by atoms with Crippen molar-refractivity contribution < 1.29 is 8.42 Å². The Kier molecular flexibility index (Phi) is 12.6. The SMILES string of the molecule is CCS(=O)(=O)NCCNC(=NC)NCCSc1ccccc1.I. The maximum atomic E-state index is 11.3. The Labute approximate surface area is 160 Å². The normalized spacial score (nSPS) is 11.7. The van der Waals surface area contributed by atoms with Crippen LogP contribution in [0.5, 0.6) is 0 Å². The van der Waals surface area contributed by atoms with E-state index < -0.39 is 10.0 Å². The van der Waals surface area contributed by atoms with Gasteiger partial charge in [0.05, 0.1) is 5.75 Å². The number of rotatable bonds is 9. The van der Waals surface area contributed by atoms with Gasteiger partial charge in [0.2, 0.25) is 10.0 Å². The maximum absolute atomic E-state index is 11.3. The van der Waals surface area contributed by atoms with E-state index in [-0.39, 0.29) is 29.7 Å². The lowest BCUT2D eigenvalue weighted by Gasteiger charge is -2.12. The minimum absolute atomic E-state index is 0. The molecule has 1 aromatic rings. The average molecular weight is 472 g/mol. The zero-order chi connectivity index (χ0) is 16.3. The summed E-state index contributed by atoms with van der Waals surface area (Å²) in [5.41, 5.74) is 0. The van der Waals surface area contributed by atoms with Gasteiger partial charge in [-0.3, -0.25) is 4.99 Å². The van der Waals surface area contributed by atoms with Crippen molar-refractivity contribution in [2.24, 2.45) is 4.99 Å². The van der Waals surface area contributed by atoms with E-state index >= 15 is 0 Å². The van der Waals surface area contributed by atoms with Gasteiger partial charge in [-0.1, -0.05) is 18.2 Å². The summed E-state index contributed by atoms with van der Waals surface area (Å²) in [6.07, 6.45) is 0. The third-order valence-corrected chi connectivity index (χ3v) is 5.17. The summed E-state index contributed by atoms with van der Waals surface area (Å²) in [5.74, 6) is 1.69. The summed E-state index contributed by atoms with van der Waals surface area (Å²) in [5, 5.41) is 6.26. The Hall–Kier alpha value is -0.520. The number of sulfonamides is 1. The first kappa shape index (κ1) is 22.5. The van der Waals surface area contributed by atoms with Crippen LogP contribution in [0.2, 0.25) is 0 Å². The van der Waals surface area contributed by atoms with Gasteiger partial charge in [0.25, 0.3) is 0 Å². The Bertz CT molecular complexity index is 553. The Balaban J connectivity index is 0.00000484. The third kappa shape index (κ3) is 10.8. The molecule has 1 rings (SSSR count). The molecule has 1 aromatic carbocycles. The molecule has 0 aliphatic heterocycles. The van der Waals surface area contributed by atoms with E-state index in [1.165, 1.54) is 4.90 Å². The van der Waals surface area contributed by atoms with Crippen LogP contribution in [0.3, 0.4) is 0 Å².